The molecule has 2 aliphatic carbocycles. The lowest BCUT2D eigenvalue weighted by Gasteiger charge is -2.09. The van der Waals surface area contributed by atoms with Crippen molar-refractivity contribution in [1.82, 2.24) is 25.1 Å². The Labute approximate surface area is 167 Å². The van der Waals surface area contributed by atoms with Gasteiger partial charge < -0.3 is 10.1 Å². The molecule has 2 unspecified atom stereocenters. The van der Waals surface area contributed by atoms with Crippen molar-refractivity contribution >= 4 is 17.2 Å². The maximum Gasteiger partial charge on any atom is 0.218 e. The molecule has 144 valence electrons. The maximum absolute atomic E-state index is 5.95. The molecule has 28 heavy (non-hydrogen) atoms. The second-order valence-corrected chi connectivity index (χ2v) is 8.56. The molecule has 0 aromatic carbocycles. The third kappa shape index (κ3) is 4.11. The van der Waals surface area contributed by atoms with Crippen molar-refractivity contribution < 1.29 is 4.74 Å². The van der Waals surface area contributed by atoms with E-state index in [0.717, 1.165) is 27.9 Å². The molecule has 5 rings (SSSR count). The first-order valence-electron chi connectivity index (χ1n) is 9.70. The van der Waals surface area contributed by atoms with E-state index in [1.165, 1.54) is 12.8 Å². The standard InChI is InChI=1S/C20H22N6OS/c1-12-23-17(22-10-19-25-26-20(28-19)13-5-6-13)9-18(24-12)27-11-14-8-15(14)16-4-2-3-7-21-16/h2-4,7,9,13-15H,5-6,8,10-11H2,1H3,(H,22,23,24). The number of nitrogens with one attached hydrogen (secondary N) is 1. The van der Waals surface area contributed by atoms with E-state index in [1.807, 2.05) is 31.3 Å². The van der Waals surface area contributed by atoms with Gasteiger partial charge in [0, 0.05) is 35.7 Å². The summed E-state index contributed by atoms with van der Waals surface area (Å²) >= 11 is 1.69. The average molecular weight is 395 g/mol. The molecule has 2 aliphatic rings. The van der Waals surface area contributed by atoms with Crippen LogP contribution in [-0.4, -0.2) is 31.8 Å². The summed E-state index contributed by atoms with van der Waals surface area (Å²) in [5.41, 5.74) is 1.15. The number of nitrogens with zero attached hydrogens (tertiary/aromatic N) is 5. The van der Waals surface area contributed by atoms with Crippen molar-refractivity contribution in [3.05, 3.63) is 52.0 Å². The van der Waals surface area contributed by atoms with Crippen LogP contribution in [0, 0.1) is 12.8 Å². The van der Waals surface area contributed by atoms with E-state index < -0.39 is 0 Å². The minimum atomic E-state index is 0.500. The summed E-state index contributed by atoms with van der Waals surface area (Å²) in [6.45, 7) is 3.14. The van der Waals surface area contributed by atoms with Gasteiger partial charge in [-0.05, 0) is 38.3 Å². The lowest BCUT2D eigenvalue weighted by atomic mass is 10.2. The van der Waals surface area contributed by atoms with E-state index in [2.05, 4.69) is 36.5 Å². The van der Waals surface area contributed by atoms with Gasteiger partial charge >= 0.3 is 0 Å². The molecular weight excluding hydrogens is 372 g/mol. The SMILES string of the molecule is Cc1nc(NCc2nnc(C3CC3)s2)cc(OCC2CC2c2ccccn2)n1. The van der Waals surface area contributed by atoms with E-state index in [4.69, 9.17) is 4.74 Å². The Morgan fingerprint density at radius 2 is 2.14 bits per heavy atom. The molecular formula is C20H22N6OS. The zero-order chi connectivity index (χ0) is 18.9. The Hall–Kier alpha value is -2.61. The fourth-order valence-corrected chi connectivity index (χ4v) is 4.24. The van der Waals surface area contributed by atoms with Crippen LogP contribution in [0.1, 0.15) is 52.6 Å². The Bertz CT molecular complexity index is 958. The normalized spacial score (nSPS) is 20.8. The highest BCUT2D eigenvalue weighted by molar-refractivity contribution is 7.11. The van der Waals surface area contributed by atoms with Gasteiger partial charge in [-0.25, -0.2) is 4.98 Å². The summed E-state index contributed by atoms with van der Waals surface area (Å²) in [5.74, 6) is 3.70. The first-order valence-corrected chi connectivity index (χ1v) is 10.5. The van der Waals surface area contributed by atoms with Crippen LogP contribution in [0.15, 0.2) is 30.5 Å². The number of anilines is 1. The van der Waals surface area contributed by atoms with Crippen molar-refractivity contribution in [1.29, 1.82) is 0 Å². The fraction of sp³-hybridized carbons (Fsp3) is 0.450. The monoisotopic (exact) mass is 394 g/mol. The maximum atomic E-state index is 5.95. The van der Waals surface area contributed by atoms with E-state index in [0.29, 0.717) is 42.6 Å². The molecule has 2 atom stereocenters. The molecule has 3 heterocycles. The number of rotatable bonds is 8. The first-order chi connectivity index (χ1) is 13.7. The molecule has 2 fully saturated rings. The Morgan fingerprint density at radius 3 is 2.96 bits per heavy atom. The van der Waals surface area contributed by atoms with Crippen LogP contribution in [0.4, 0.5) is 5.82 Å². The van der Waals surface area contributed by atoms with Gasteiger partial charge in [-0.2, -0.15) is 4.98 Å². The Balaban J connectivity index is 1.16. The molecule has 2 saturated carbocycles. The topological polar surface area (TPSA) is 85.7 Å². The summed E-state index contributed by atoms with van der Waals surface area (Å²) in [7, 11) is 0. The summed E-state index contributed by atoms with van der Waals surface area (Å²) in [6.07, 6.45) is 5.46. The van der Waals surface area contributed by atoms with Gasteiger partial charge in [0.1, 0.15) is 21.7 Å². The van der Waals surface area contributed by atoms with Crippen LogP contribution in [0.2, 0.25) is 0 Å². The van der Waals surface area contributed by atoms with Gasteiger partial charge in [-0.15, -0.1) is 10.2 Å². The molecule has 1 N–H and O–H groups in total. The number of aromatic nitrogens is 5. The summed E-state index contributed by atoms with van der Waals surface area (Å²) in [6, 6.07) is 7.93. The second-order valence-electron chi connectivity index (χ2n) is 7.47. The molecule has 7 nitrogen and oxygen atoms in total. The van der Waals surface area contributed by atoms with Crippen LogP contribution >= 0.6 is 11.3 Å². The zero-order valence-corrected chi connectivity index (χ0v) is 16.5. The number of hydrogen-bond donors (Lipinski definition) is 1. The molecule has 0 spiro atoms. The molecule has 0 amide bonds. The van der Waals surface area contributed by atoms with E-state index in [1.54, 1.807) is 11.3 Å². The van der Waals surface area contributed by atoms with Crippen molar-refractivity contribution in [2.24, 2.45) is 5.92 Å². The van der Waals surface area contributed by atoms with Gasteiger partial charge in [0.2, 0.25) is 5.88 Å². The van der Waals surface area contributed by atoms with Crippen LogP contribution < -0.4 is 10.1 Å². The average Bonchev–Trinajstić information content (AvgIpc) is 3.64. The Kier molecular flexibility index (Phi) is 4.64. The minimum Gasteiger partial charge on any atom is -0.477 e. The van der Waals surface area contributed by atoms with Crippen LogP contribution in [0.3, 0.4) is 0 Å². The molecule has 3 aromatic rings. The summed E-state index contributed by atoms with van der Waals surface area (Å²) < 4.78 is 5.95. The highest BCUT2D eigenvalue weighted by atomic mass is 32.1. The molecule has 8 heteroatoms. The molecule has 3 aromatic heterocycles. The van der Waals surface area contributed by atoms with Gasteiger partial charge in [-0.1, -0.05) is 17.4 Å². The number of aryl methyl sites for hydroxylation is 1. The van der Waals surface area contributed by atoms with Crippen LogP contribution in [0.5, 0.6) is 5.88 Å². The quantitative estimate of drug-likeness (QED) is 0.623. The van der Waals surface area contributed by atoms with E-state index in [9.17, 15) is 0 Å². The van der Waals surface area contributed by atoms with Gasteiger partial charge in [0.25, 0.3) is 0 Å². The van der Waals surface area contributed by atoms with Gasteiger partial charge in [0.15, 0.2) is 0 Å². The minimum absolute atomic E-state index is 0.500. The van der Waals surface area contributed by atoms with Crippen LogP contribution in [0.25, 0.3) is 0 Å². The number of ether oxygens (including phenoxy) is 1. The van der Waals surface area contributed by atoms with Crippen LogP contribution in [-0.2, 0) is 6.54 Å². The predicted molar refractivity (Wildman–Crippen MR) is 107 cm³/mol. The predicted octanol–water partition coefficient (Wildman–Crippen LogP) is 3.70. The van der Waals surface area contributed by atoms with Gasteiger partial charge in [-0.3, -0.25) is 4.98 Å². The Morgan fingerprint density at radius 1 is 1.21 bits per heavy atom. The zero-order valence-electron chi connectivity index (χ0n) is 15.7. The smallest absolute Gasteiger partial charge is 0.218 e. The van der Waals surface area contributed by atoms with E-state index >= 15 is 0 Å². The summed E-state index contributed by atoms with van der Waals surface area (Å²) in [5, 5.41) is 14.0. The third-order valence-electron chi connectivity index (χ3n) is 5.08. The number of hydrogen-bond acceptors (Lipinski definition) is 8. The van der Waals surface area contributed by atoms with Crippen molar-refractivity contribution in [2.75, 3.05) is 11.9 Å². The van der Waals surface area contributed by atoms with Crippen molar-refractivity contribution in [3.63, 3.8) is 0 Å². The molecule has 0 saturated heterocycles. The van der Waals surface area contributed by atoms with E-state index in [-0.39, 0.29) is 0 Å². The molecule has 0 aliphatic heterocycles. The second kappa shape index (κ2) is 7.43. The number of pyridine rings is 1. The molecule has 0 bridgehead atoms. The largest absolute Gasteiger partial charge is 0.477 e. The first kappa shape index (κ1) is 17.5. The van der Waals surface area contributed by atoms with Crippen molar-refractivity contribution in [3.8, 4) is 5.88 Å². The third-order valence-corrected chi connectivity index (χ3v) is 6.17. The summed E-state index contributed by atoms with van der Waals surface area (Å²) in [4.78, 5) is 13.3. The molecule has 0 radical (unpaired) electrons. The van der Waals surface area contributed by atoms with Gasteiger partial charge in [0.05, 0.1) is 13.2 Å². The fourth-order valence-electron chi connectivity index (χ4n) is 3.29. The highest BCUT2D eigenvalue weighted by Gasteiger charge is 2.39. The lowest BCUT2D eigenvalue weighted by Crippen LogP contribution is -2.07. The van der Waals surface area contributed by atoms with Crippen molar-refractivity contribution in [2.45, 2.75) is 44.6 Å². The lowest BCUT2D eigenvalue weighted by molar-refractivity contribution is 0.284. The highest BCUT2D eigenvalue weighted by Crippen LogP contribution is 2.46.